The quantitative estimate of drug-likeness (QED) is 0.793. The first-order chi connectivity index (χ1) is 9.86. The molecule has 2 rings (SSSR count). The number of sulfonamides is 1. The number of ether oxygens (including phenoxy) is 1. The molecule has 0 radical (unpaired) electrons. The Bertz CT molecular complexity index is 650. The highest BCUT2D eigenvalue weighted by Gasteiger charge is 2.34. The second-order valence-corrected chi connectivity index (χ2v) is 7.11. The Kier molecular flexibility index (Phi) is 4.85. The minimum Gasteiger partial charge on any atom is -0.469 e. The number of methoxy groups -OCH3 is 1. The van der Waals surface area contributed by atoms with Crippen molar-refractivity contribution in [1.82, 2.24) is 4.31 Å². The third-order valence-electron chi connectivity index (χ3n) is 3.43. The summed E-state index contributed by atoms with van der Waals surface area (Å²) in [5, 5.41) is -0.0448. The van der Waals surface area contributed by atoms with Crippen LogP contribution in [0.5, 0.6) is 0 Å². The molecule has 1 atom stereocenters. The van der Waals surface area contributed by atoms with E-state index in [1.807, 2.05) is 0 Å². The zero-order valence-electron chi connectivity index (χ0n) is 11.4. The minimum atomic E-state index is -3.94. The Morgan fingerprint density at radius 3 is 2.86 bits per heavy atom. The van der Waals surface area contributed by atoms with Crippen molar-refractivity contribution < 1.29 is 22.3 Å². The molecular weight excluding hydrogens is 321 g/mol. The maximum Gasteiger partial charge on any atom is 0.309 e. The number of hydrogen-bond acceptors (Lipinski definition) is 4. The van der Waals surface area contributed by atoms with Crippen LogP contribution in [0.15, 0.2) is 23.1 Å². The molecule has 8 heteroatoms. The first-order valence-corrected chi connectivity index (χ1v) is 8.21. The van der Waals surface area contributed by atoms with E-state index in [1.165, 1.54) is 13.2 Å². The van der Waals surface area contributed by atoms with Crippen molar-refractivity contribution in [2.75, 3.05) is 20.2 Å². The molecular formula is C13H15ClFNO4S. The minimum absolute atomic E-state index is 0.0157. The van der Waals surface area contributed by atoms with Crippen LogP contribution >= 0.6 is 11.6 Å². The molecule has 1 aliphatic heterocycles. The van der Waals surface area contributed by atoms with Crippen LogP contribution in [0.2, 0.25) is 5.02 Å². The van der Waals surface area contributed by atoms with Crippen molar-refractivity contribution >= 4 is 27.6 Å². The van der Waals surface area contributed by atoms with Gasteiger partial charge >= 0.3 is 5.97 Å². The van der Waals surface area contributed by atoms with Crippen molar-refractivity contribution in [3.05, 3.63) is 29.0 Å². The lowest BCUT2D eigenvalue weighted by molar-refractivity contribution is -0.146. The van der Waals surface area contributed by atoms with Crippen LogP contribution in [0.25, 0.3) is 0 Å². The molecule has 0 amide bonds. The van der Waals surface area contributed by atoms with E-state index in [4.69, 9.17) is 11.6 Å². The van der Waals surface area contributed by atoms with Crippen LogP contribution in [-0.4, -0.2) is 38.9 Å². The Hall–Kier alpha value is -1.18. The number of esters is 1. The van der Waals surface area contributed by atoms with E-state index in [9.17, 15) is 17.6 Å². The third-order valence-corrected chi connectivity index (χ3v) is 5.78. The highest BCUT2D eigenvalue weighted by Crippen LogP contribution is 2.29. The van der Waals surface area contributed by atoms with E-state index in [1.54, 1.807) is 0 Å². The summed E-state index contributed by atoms with van der Waals surface area (Å²) >= 11 is 5.86. The van der Waals surface area contributed by atoms with Crippen molar-refractivity contribution in [2.24, 2.45) is 5.92 Å². The van der Waals surface area contributed by atoms with Crippen LogP contribution in [-0.2, 0) is 19.6 Å². The number of nitrogens with zero attached hydrogens (tertiary/aromatic N) is 1. The molecule has 0 N–H and O–H groups in total. The summed E-state index contributed by atoms with van der Waals surface area (Å²) in [6.07, 6.45) is 1.10. The van der Waals surface area contributed by atoms with Gasteiger partial charge in [0, 0.05) is 13.1 Å². The van der Waals surface area contributed by atoms with Crippen LogP contribution < -0.4 is 0 Å². The summed E-state index contributed by atoms with van der Waals surface area (Å²) in [6.45, 7) is 0.282. The van der Waals surface area contributed by atoms with Crippen LogP contribution in [0.1, 0.15) is 12.8 Å². The fraction of sp³-hybridized carbons (Fsp3) is 0.462. The first-order valence-electron chi connectivity index (χ1n) is 6.39. The Morgan fingerprint density at radius 1 is 1.48 bits per heavy atom. The van der Waals surface area contributed by atoms with Crippen molar-refractivity contribution in [3.63, 3.8) is 0 Å². The second-order valence-electron chi connectivity index (χ2n) is 4.80. The van der Waals surface area contributed by atoms with Gasteiger partial charge in [0.15, 0.2) is 0 Å². The van der Waals surface area contributed by atoms with E-state index in [2.05, 4.69) is 4.74 Å². The summed E-state index contributed by atoms with van der Waals surface area (Å²) in [5.41, 5.74) is 0. The lowest BCUT2D eigenvalue weighted by atomic mass is 10.0. The zero-order valence-corrected chi connectivity index (χ0v) is 13.0. The monoisotopic (exact) mass is 335 g/mol. The fourth-order valence-electron chi connectivity index (χ4n) is 2.33. The zero-order chi connectivity index (χ0) is 15.6. The van der Waals surface area contributed by atoms with Gasteiger partial charge in [0.25, 0.3) is 0 Å². The SMILES string of the molecule is COC(=O)C1CCCN(S(=O)(=O)c2cc(F)ccc2Cl)C1. The fourth-order valence-corrected chi connectivity index (χ4v) is 4.34. The standard InChI is InChI=1S/C13H15ClFNO4S/c1-20-13(17)9-3-2-6-16(8-9)21(18,19)12-7-10(15)4-5-11(12)14/h4-5,7,9H,2-3,6,8H2,1H3. The summed E-state index contributed by atoms with van der Waals surface area (Å²) in [4.78, 5) is 11.3. The molecule has 116 valence electrons. The molecule has 0 saturated carbocycles. The molecule has 0 aromatic heterocycles. The molecule has 1 aliphatic rings. The summed E-state index contributed by atoms with van der Waals surface area (Å²) in [6, 6.07) is 3.18. The normalized spacial score (nSPS) is 20.2. The van der Waals surface area contributed by atoms with Crippen molar-refractivity contribution in [1.29, 1.82) is 0 Å². The van der Waals surface area contributed by atoms with Crippen LogP contribution in [0, 0.1) is 11.7 Å². The molecule has 1 heterocycles. The Labute approximate surface area is 127 Å². The van der Waals surface area contributed by atoms with Gasteiger partial charge < -0.3 is 4.74 Å². The summed E-state index contributed by atoms with van der Waals surface area (Å²) < 4.78 is 44.2. The van der Waals surface area contributed by atoms with Gasteiger partial charge in [-0.1, -0.05) is 11.6 Å². The van der Waals surface area contributed by atoms with E-state index < -0.39 is 27.7 Å². The molecule has 1 fully saturated rings. The molecule has 5 nitrogen and oxygen atoms in total. The van der Waals surface area contributed by atoms with E-state index >= 15 is 0 Å². The van der Waals surface area contributed by atoms with Crippen LogP contribution in [0.3, 0.4) is 0 Å². The molecule has 21 heavy (non-hydrogen) atoms. The second kappa shape index (κ2) is 6.29. The smallest absolute Gasteiger partial charge is 0.309 e. The van der Waals surface area contributed by atoms with Crippen molar-refractivity contribution in [2.45, 2.75) is 17.7 Å². The van der Waals surface area contributed by atoms with Gasteiger partial charge in [-0.05, 0) is 31.0 Å². The first kappa shape index (κ1) is 16.2. The summed E-state index contributed by atoms with van der Waals surface area (Å²) in [5.74, 6) is -1.63. The van der Waals surface area contributed by atoms with Gasteiger partial charge in [-0.3, -0.25) is 4.79 Å². The molecule has 0 spiro atoms. The third kappa shape index (κ3) is 3.36. The van der Waals surface area contributed by atoms with Gasteiger partial charge in [0.1, 0.15) is 10.7 Å². The Balaban J connectivity index is 2.31. The number of piperidine rings is 1. The maximum absolute atomic E-state index is 13.3. The van der Waals surface area contributed by atoms with Gasteiger partial charge in [0.05, 0.1) is 18.1 Å². The van der Waals surface area contributed by atoms with E-state index in [0.29, 0.717) is 12.8 Å². The number of halogens is 2. The van der Waals surface area contributed by atoms with Gasteiger partial charge in [-0.2, -0.15) is 4.31 Å². The summed E-state index contributed by atoms with van der Waals surface area (Å²) in [7, 11) is -2.67. The van der Waals surface area contributed by atoms with Crippen molar-refractivity contribution in [3.8, 4) is 0 Å². The van der Waals surface area contributed by atoms with E-state index in [-0.39, 0.29) is 23.0 Å². The predicted molar refractivity (Wildman–Crippen MR) is 74.9 cm³/mol. The molecule has 0 aliphatic carbocycles. The molecule has 0 bridgehead atoms. The highest BCUT2D eigenvalue weighted by molar-refractivity contribution is 7.89. The molecule has 1 unspecified atom stereocenters. The number of hydrogen-bond donors (Lipinski definition) is 0. The van der Waals surface area contributed by atoms with E-state index in [0.717, 1.165) is 16.4 Å². The number of carbonyl (C=O) groups excluding carboxylic acids is 1. The molecule has 1 aromatic rings. The van der Waals surface area contributed by atoms with Gasteiger partial charge in [-0.25, -0.2) is 12.8 Å². The topological polar surface area (TPSA) is 63.7 Å². The number of benzene rings is 1. The van der Waals surface area contributed by atoms with Gasteiger partial charge in [0.2, 0.25) is 10.0 Å². The average molecular weight is 336 g/mol. The lowest BCUT2D eigenvalue weighted by Crippen LogP contribution is -2.42. The largest absolute Gasteiger partial charge is 0.469 e. The lowest BCUT2D eigenvalue weighted by Gasteiger charge is -2.30. The predicted octanol–water partition coefficient (Wildman–Crippen LogP) is 2.05. The number of carbonyl (C=O) groups is 1. The van der Waals surface area contributed by atoms with Gasteiger partial charge in [-0.15, -0.1) is 0 Å². The number of rotatable bonds is 3. The molecule has 1 saturated heterocycles. The molecule has 1 aromatic carbocycles. The highest BCUT2D eigenvalue weighted by atomic mass is 35.5. The maximum atomic E-state index is 13.3. The average Bonchev–Trinajstić information content (AvgIpc) is 2.49. The van der Waals surface area contributed by atoms with Crippen LogP contribution in [0.4, 0.5) is 4.39 Å². The Morgan fingerprint density at radius 2 is 2.19 bits per heavy atom.